The van der Waals surface area contributed by atoms with Gasteiger partial charge in [-0.2, -0.15) is 0 Å². The molecule has 54 valence electrons. The van der Waals surface area contributed by atoms with Gasteiger partial charge in [0.25, 0.3) is 0 Å². The molecule has 0 N–H and O–H groups in total. The molecule has 0 heterocycles. The summed E-state index contributed by atoms with van der Waals surface area (Å²) in [5.41, 5.74) is 0. The zero-order valence-electron chi connectivity index (χ0n) is 4.52. The first-order valence-corrected chi connectivity index (χ1v) is 2.00. The van der Waals surface area contributed by atoms with Crippen molar-refractivity contribution in [3.8, 4) is 0 Å². The van der Waals surface area contributed by atoms with Gasteiger partial charge in [-0.1, -0.05) is 36.4 Å². The van der Waals surface area contributed by atoms with Crippen LogP contribution in [0.4, 0.5) is 0 Å². The average molecular weight is 198 g/mol. The van der Waals surface area contributed by atoms with Crippen molar-refractivity contribution in [2.24, 2.45) is 0 Å². The maximum atomic E-state index is 2.00. The summed E-state index contributed by atoms with van der Waals surface area (Å²) in [5, 5.41) is 0. The second-order valence-electron chi connectivity index (χ2n) is 1.15. The first-order valence-electron chi connectivity index (χ1n) is 2.00. The van der Waals surface area contributed by atoms with Crippen molar-refractivity contribution in [1.82, 2.24) is 0 Å². The Morgan fingerprint density at radius 1 is 0.333 bits per heavy atom. The molecular formula is C6H6Ar3. The molecule has 0 aromatic heterocycles. The van der Waals surface area contributed by atoms with E-state index in [9.17, 15) is 0 Å². The summed E-state index contributed by atoms with van der Waals surface area (Å²) in [6.07, 6.45) is 0. The minimum Gasteiger partial charge on any atom is -0.0623 e. The van der Waals surface area contributed by atoms with Gasteiger partial charge in [0.05, 0.1) is 0 Å². The molecule has 0 aliphatic carbocycles. The van der Waals surface area contributed by atoms with Crippen molar-refractivity contribution in [3.05, 3.63) is 36.4 Å². The van der Waals surface area contributed by atoms with Gasteiger partial charge in [-0.25, -0.2) is 0 Å². The first kappa shape index (κ1) is 17.9. The smallest absolute Gasteiger partial charge is 0 e. The normalized spacial score (nSPS) is 5.33. The summed E-state index contributed by atoms with van der Waals surface area (Å²) < 4.78 is 0. The molecule has 0 aliphatic rings. The van der Waals surface area contributed by atoms with Crippen LogP contribution in [0, 0.1) is 113 Å². The molecule has 3 heteroatoms. The maximum Gasteiger partial charge on any atom is 0 e. The molecule has 0 saturated heterocycles. The van der Waals surface area contributed by atoms with E-state index in [4.69, 9.17) is 0 Å². The van der Waals surface area contributed by atoms with E-state index in [1.54, 1.807) is 0 Å². The van der Waals surface area contributed by atoms with E-state index >= 15 is 0 Å². The maximum absolute atomic E-state index is 2.00. The van der Waals surface area contributed by atoms with E-state index in [1.165, 1.54) is 0 Å². The topological polar surface area (TPSA) is 0 Å². The molecule has 0 amide bonds. The zero-order chi connectivity index (χ0) is 4.24. The van der Waals surface area contributed by atoms with Crippen LogP contribution in [-0.2, 0) is 0 Å². The average Bonchev–Trinajstić information content (AvgIpc) is 1.72. The van der Waals surface area contributed by atoms with E-state index in [0.29, 0.717) is 0 Å². The molecule has 0 atom stereocenters. The Morgan fingerprint density at radius 2 is 0.444 bits per heavy atom. The minimum absolute atomic E-state index is 0. The Bertz CT molecular complexity index is 80.2. The molecule has 1 aromatic rings. The van der Waals surface area contributed by atoms with Crippen LogP contribution in [0.1, 0.15) is 0 Å². The fraction of sp³-hybridized carbons (Fsp3) is 0. The van der Waals surface area contributed by atoms with Gasteiger partial charge in [0.15, 0.2) is 0 Å². The van der Waals surface area contributed by atoms with Crippen molar-refractivity contribution in [2.75, 3.05) is 0 Å². The van der Waals surface area contributed by atoms with Crippen molar-refractivity contribution in [2.45, 2.75) is 0 Å². The molecule has 0 spiro atoms. The number of rotatable bonds is 0. The molecule has 0 fully saturated rings. The second kappa shape index (κ2) is 13.6. The Hall–Kier alpha value is 3.00. The first-order chi connectivity index (χ1) is 3.00. The molecule has 1 rings (SSSR count). The Morgan fingerprint density at radius 3 is 0.556 bits per heavy atom. The minimum atomic E-state index is 0. The van der Waals surface area contributed by atoms with E-state index in [2.05, 4.69) is 0 Å². The molecule has 9 heavy (non-hydrogen) atoms. The Kier molecular flexibility index (Phi) is 27.0. The molecule has 1 aromatic carbocycles. The summed E-state index contributed by atoms with van der Waals surface area (Å²) in [6.45, 7) is 0. The predicted octanol–water partition coefficient (Wildman–Crippen LogP) is 1.69. The van der Waals surface area contributed by atoms with Crippen LogP contribution in [-0.4, -0.2) is 0 Å². The molecule has 0 nitrogen and oxygen atoms in total. The van der Waals surface area contributed by atoms with Crippen LogP contribution in [0.2, 0.25) is 0 Å². The Labute approximate surface area is 146 Å². The number of hydrogen-bond donors (Lipinski definition) is 0. The van der Waals surface area contributed by atoms with Gasteiger partial charge in [-0.3, -0.25) is 0 Å². The van der Waals surface area contributed by atoms with Crippen LogP contribution >= 0.6 is 0 Å². The standard InChI is InChI=1S/C6H6.3Ar/c1-2-4-6-5-3-1;;;/h1-6H;;;. The fourth-order valence-electron chi connectivity index (χ4n) is 0.385. The van der Waals surface area contributed by atoms with Gasteiger partial charge in [0, 0.05) is 113 Å². The van der Waals surface area contributed by atoms with Crippen molar-refractivity contribution in [1.29, 1.82) is 0 Å². The number of benzene rings is 1. The fourth-order valence-corrected chi connectivity index (χ4v) is 0.385. The molecule has 0 saturated carbocycles. The van der Waals surface area contributed by atoms with Crippen molar-refractivity contribution < 1.29 is 113 Å². The third kappa shape index (κ3) is 11.0. The summed E-state index contributed by atoms with van der Waals surface area (Å²) in [5.74, 6) is 0. The van der Waals surface area contributed by atoms with Gasteiger partial charge >= 0.3 is 0 Å². The van der Waals surface area contributed by atoms with Gasteiger partial charge in [-0.15, -0.1) is 0 Å². The summed E-state index contributed by atoms with van der Waals surface area (Å²) in [7, 11) is 0. The van der Waals surface area contributed by atoms with Crippen molar-refractivity contribution >= 4 is 0 Å². The van der Waals surface area contributed by atoms with Crippen molar-refractivity contribution in [3.63, 3.8) is 0 Å². The van der Waals surface area contributed by atoms with E-state index in [0.717, 1.165) is 0 Å². The zero-order valence-corrected chi connectivity index (χ0v) is 6.65. The summed E-state index contributed by atoms with van der Waals surface area (Å²) in [6, 6.07) is 12.0. The van der Waals surface area contributed by atoms with Crippen LogP contribution in [0.3, 0.4) is 0 Å². The molecular weight excluding hydrogens is 192 g/mol. The molecule has 0 bridgehead atoms. The van der Waals surface area contributed by atoms with E-state index in [-0.39, 0.29) is 113 Å². The molecule has 0 unspecified atom stereocenters. The largest absolute Gasteiger partial charge is 0.0623 e. The van der Waals surface area contributed by atoms with Gasteiger partial charge < -0.3 is 0 Å². The van der Waals surface area contributed by atoms with Crippen LogP contribution in [0.5, 0.6) is 0 Å². The summed E-state index contributed by atoms with van der Waals surface area (Å²) >= 11 is 0. The second-order valence-corrected chi connectivity index (χ2v) is 1.15. The molecule has 0 radical (unpaired) electrons. The van der Waals surface area contributed by atoms with Crippen LogP contribution < -0.4 is 0 Å². The van der Waals surface area contributed by atoms with Crippen LogP contribution in [0.25, 0.3) is 0 Å². The van der Waals surface area contributed by atoms with E-state index < -0.39 is 0 Å². The van der Waals surface area contributed by atoms with Crippen LogP contribution in [0.15, 0.2) is 36.4 Å². The quantitative estimate of drug-likeness (QED) is 0.594. The summed E-state index contributed by atoms with van der Waals surface area (Å²) in [4.78, 5) is 0. The van der Waals surface area contributed by atoms with Gasteiger partial charge in [0.1, 0.15) is 0 Å². The molecule has 0 aliphatic heterocycles. The third-order valence-electron chi connectivity index (χ3n) is 0.667. The van der Waals surface area contributed by atoms with E-state index in [1.807, 2.05) is 36.4 Å². The van der Waals surface area contributed by atoms with Gasteiger partial charge in [-0.05, 0) is 0 Å². The van der Waals surface area contributed by atoms with Gasteiger partial charge in [0.2, 0.25) is 0 Å². The number of hydrogen-bond acceptors (Lipinski definition) is 0. The predicted molar refractivity (Wildman–Crippen MR) is 26.4 cm³/mol. The monoisotopic (exact) mass is 198 g/mol. The third-order valence-corrected chi connectivity index (χ3v) is 0.667. The Balaban J connectivity index is -0.000000120. The SMILES string of the molecule is [Ar].[Ar].[Ar].c1ccccc1.